The maximum Gasteiger partial charge on any atom is -0.0276 e. The van der Waals surface area contributed by atoms with Crippen LogP contribution in [0.5, 0.6) is 0 Å². The molecule has 146 valence electrons. The Hall–Kier alpha value is -1.30. The molecule has 2 rings (SSSR count). The Labute approximate surface area is 162 Å². The van der Waals surface area contributed by atoms with Gasteiger partial charge in [-0.3, -0.25) is 0 Å². The highest BCUT2D eigenvalue weighted by molar-refractivity contribution is 5.72. The fourth-order valence-electron chi connectivity index (χ4n) is 3.83. The first-order chi connectivity index (χ1) is 11.4. The van der Waals surface area contributed by atoms with E-state index in [1.54, 1.807) is 0 Å². The molecule has 0 aromatic heterocycles. The molecule has 0 N–H and O–H groups in total. The van der Waals surface area contributed by atoms with Gasteiger partial charge in [0, 0.05) is 0 Å². The first-order valence-electron chi connectivity index (χ1n) is 10.1. The number of rotatable bonds is 1. The second-order valence-corrected chi connectivity index (χ2v) is 12.1. The lowest BCUT2D eigenvalue weighted by molar-refractivity contribution is 0.534. The fourth-order valence-corrected chi connectivity index (χ4v) is 3.83. The number of hydrogen-bond acceptors (Lipinski definition) is 0. The van der Waals surface area contributed by atoms with Gasteiger partial charge in [0.2, 0.25) is 0 Å². The highest BCUT2D eigenvalue weighted by Gasteiger charge is 2.23. The van der Waals surface area contributed by atoms with Crippen LogP contribution in [0.15, 0.2) is 24.3 Å². The average Bonchev–Trinajstić information content (AvgIpc) is 3.00. The molecule has 0 saturated heterocycles. The van der Waals surface area contributed by atoms with Crippen molar-refractivity contribution in [1.82, 2.24) is 0 Å². The molecule has 0 spiro atoms. The lowest BCUT2D eigenvalue weighted by atomic mass is 9.78. The highest BCUT2D eigenvalue weighted by Crippen LogP contribution is 2.43. The second-order valence-electron chi connectivity index (χ2n) is 12.1. The maximum absolute atomic E-state index is 2.44. The van der Waals surface area contributed by atoms with Crippen LogP contribution < -0.4 is 0 Å². The molecule has 0 atom stereocenters. The highest BCUT2D eigenvalue weighted by atomic mass is 14.3. The summed E-state index contributed by atoms with van der Waals surface area (Å²) in [6.07, 6.45) is 0. The standard InChI is InChI=1S/C26H40/c1-23(2,3)19-13-17(14-20(19)24(4,5)6)18-15-21(25(7,8)9)22(16-18)26(10,11)12/h13-16H,1-12H3/q-2. The van der Waals surface area contributed by atoms with Crippen molar-refractivity contribution in [1.29, 1.82) is 0 Å². The first-order valence-corrected chi connectivity index (χ1v) is 10.1. The molecular formula is C26H40-2. The minimum Gasteiger partial charge on any atom is -0.221 e. The molecule has 0 fully saturated rings. The van der Waals surface area contributed by atoms with Gasteiger partial charge in [0.25, 0.3) is 0 Å². The molecule has 0 heterocycles. The zero-order valence-electron chi connectivity index (χ0n) is 19.3. The van der Waals surface area contributed by atoms with E-state index in [2.05, 4.69) is 107 Å². The van der Waals surface area contributed by atoms with E-state index < -0.39 is 0 Å². The van der Waals surface area contributed by atoms with Crippen LogP contribution in [0.1, 0.15) is 105 Å². The van der Waals surface area contributed by atoms with E-state index in [0.29, 0.717) is 0 Å². The lowest BCUT2D eigenvalue weighted by Crippen LogP contribution is -2.19. The van der Waals surface area contributed by atoms with Gasteiger partial charge in [-0.15, -0.1) is 11.1 Å². The molecule has 0 aliphatic heterocycles. The lowest BCUT2D eigenvalue weighted by Gasteiger charge is -2.36. The third kappa shape index (κ3) is 4.16. The van der Waals surface area contributed by atoms with Gasteiger partial charge >= 0.3 is 0 Å². The van der Waals surface area contributed by atoms with Crippen molar-refractivity contribution in [3.8, 4) is 11.1 Å². The predicted molar refractivity (Wildman–Crippen MR) is 118 cm³/mol. The van der Waals surface area contributed by atoms with Gasteiger partial charge in [0.1, 0.15) is 0 Å². The van der Waals surface area contributed by atoms with Gasteiger partial charge in [-0.2, -0.15) is 29.8 Å². The molecule has 0 nitrogen and oxygen atoms in total. The van der Waals surface area contributed by atoms with Crippen molar-refractivity contribution in [2.75, 3.05) is 0 Å². The average molecular weight is 353 g/mol. The Balaban J connectivity index is 2.71. The van der Waals surface area contributed by atoms with E-state index in [4.69, 9.17) is 0 Å². The molecule has 0 bridgehead atoms. The molecule has 0 heteroatoms. The van der Waals surface area contributed by atoms with E-state index in [9.17, 15) is 0 Å². The van der Waals surface area contributed by atoms with Gasteiger partial charge in [-0.25, -0.2) is 16.7 Å². The van der Waals surface area contributed by atoms with E-state index >= 15 is 0 Å². The first kappa shape index (κ1) is 21.0. The van der Waals surface area contributed by atoms with Gasteiger partial charge < -0.3 is 0 Å². The summed E-state index contributed by atoms with van der Waals surface area (Å²) < 4.78 is 0. The summed E-state index contributed by atoms with van der Waals surface area (Å²) in [7, 11) is 0. The Bertz CT molecular complexity index is 631. The summed E-state index contributed by atoms with van der Waals surface area (Å²) in [4.78, 5) is 0. The van der Waals surface area contributed by atoms with Crippen LogP contribution in [-0.4, -0.2) is 0 Å². The van der Waals surface area contributed by atoms with Gasteiger partial charge in [0.05, 0.1) is 0 Å². The minimum absolute atomic E-state index is 0.160. The van der Waals surface area contributed by atoms with Crippen molar-refractivity contribution >= 4 is 0 Å². The molecule has 26 heavy (non-hydrogen) atoms. The molecular weight excluding hydrogens is 312 g/mol. The van der Waals surface area contributed by atoms with Crippen LogP contribution in [0.2, 0.25) is 0 Å². The summed E-state index contributed by atoms with van der Waals surface area (Å²) in [6, 6.07) is 9.76. The molecule has 2 aromatic carbocycles. The molecule has 0 unspecified atom stereocenters. The summed E-state index contributed by atoms with van der Waals surface area (Å²) in [5.74, 6) is 0. The van der Waals surface area contributed by atoms with E-state index in [1.165, 1.54) is 33.4 Å². The Kier molecular flexibility index (Phi) is 4.94. The van der Waals surface area contributed by atoms with Crippen molar-refractivity contribution in [2.24, 2.45) is 0 Å². The van der Waals surface area contributed by atoms with Crippen LogP contribution in [0, 0.1) is 0 Å². The fraction of sp³-hybridized carbons (Fsp3) is 0.615. The van der Waals surface area contributed by atoms with Crippen molar-refractivity contribution < 1.29 is 0 Å². The second kappa shape index (κ2) is 6.11. The Morgan fingerprint density at radius 3 is 1.23 bits per heavy atom. The Morgan fingerprint density at radius 2 is 0.962 bits per heavy atom. The summed E-state index contributed by atoms with van der Waals surface area (Å²) in [5, 5.41) is 0. The summed E-state index contributed by atoms with van der Waals surface area (Å²) in [6.45, 7) is 27.9. The van der Waals surface area contributed by atoms with Crippen LogP contribution >= 0.6 is 0 Å². The normalized spacial score (nSPS) is 14.2. The molecule has 2 aromatic rings. The van der Waals surface area contributed by atoms with E-state index in [0.717, 1.165) is 0 Å². The van der Waals surface area contributed by atoms with Crippen LogP contribution in [-0.2, 0) is 21.7 Å². The quantitative estimate of drug-likeness (QED) is 0.456. The van der Waals surface area contributed by atoms with Crippen molar-refractivity contribution in [3.05, 3.63) is 46.5 Å². The molecule has 0 amide bonds. The van der Waals surface area contributed by atoms with E-state index in [-0.39, 0.29) is 21.7 Å². The largest absolute Gasteiger partial charge is 0.221 e. The van der Waals surface area contributed by atoms with Crippen LogP contribution in [0.4, 0.5) is 0 Å². The zero-order valence-corrected chi connectivity index (χ0v) is 19.3. The molecule has 0 radical (unpaired) electrons. The SMILES string of the molecule is CC(C)(C)c1c[c-](-c2cc(C(C)(C)C)c(C(C)(C)C)[cH-]2)cc1C(C)(C)C. The third-order valence-electron chi connectivity index (χ3n) is 5.35. The smallest absolute Gasteiger partial charge is 0.0276 e. The number of hydrogen-bond donors (Lipinski definition) is 0. The van der Waals surface area contributed by atoms with Crippen molar-refractivity contribution in [2.45, 2.75) is 105 Å². The van der Waals surface area contributed by atoms with Crippen molar-refractivity contribution in [3.63, 3.8) is 0 Å². The predicted octanol–water partition coefficient (Wildman–Crippen LogP) is 7.98. The molecule has 0 aliphatic carbocycles. The minimum atomic E-state index is 0.160. The van der Waals surface area contributed by atoms with Gasteiger partial charge in [0.15, 0.2) is 0 Å². The maximum atomic E-state index is 2.44. The Morgan fingerprint density at radius 1 is 0.577 bits per heavy atom. The van der Waals surface area contributed by atoms with Gasteiger partial charge in [-0.1, -0.05) is 93.9 Å². The topological polar surface area (TPSA) is 0 Å². The summed E-state index contributed by atoms with van der Waals surface area (Å²) >= 11 is 0. The third-order valence-corrected chi connectivity index (χ3v) is 5.35. The zero-order chi connectivity index (χ0) is 20.3. The van der Waals surface area contributed by atoms with E-state index in [1.807, 2.05) is 0 Å². The van der Waals surface area contributed by atoms with Crippen LogP contribution in [0.3, 0.4) is 0 Å². The van der Waals surface area contributed by atoms with Crippen LogP contribution in [0.25, 0.3) is 11.1 Å². The molecule has 0 aliphatic rings. The summed E-state index contributed by atoms with van der Waals surface area (Å²) in [5.41, 5.74) is 9.32. The van der Waals surface area contributed by atoms with Gasteiger partial charge in [-0.05, 0) is 10.8 Å². The molecule has 0 saturated carbocycles. The monoisotopic (exact) mass is 352 g/mol.